The van der Waals surface area contributed by atoms with Gasteiger partial charge < -0.3 is 14.5 Å². The van der Waals surface area contributed by atoms with Crippen LogP contribution >= 0.6 is 0 Å². The van der Waals surface area contributed by atoms with Gasteiger partial charge in [-0.2, -0.15) is 0 Å². The standard InChI is InChI=1S/C23H34N2O2/c1-24-13-8-19(9-14-24)17-25(22(26)21-16-23(21)11-3-12-23)15-10-18-4-6-20(27-2)7-5-18/h4-7,19,21H,3,8-17H2,1-2H3/t21-/m0/s1. The summed E-state index contributed by atoms with van der Waals surface area (Å²) < 4.78 is 5.26. The number of methoxy groups -OCH3 is 1. The van der Waals surface area contributed by atoms with Crippen LogP contribution in [0.4, 0.5) is 0 Å². The van der Waals surface area contributed by atoms with Crippen LogP contribution in [0.15, 0.2) is 24.3 Å². The number of nitrogens with zero attached hydrogens (tertiary/aromatic N) is 2. The molecule has 27 heavy (non-hydrogen) atoms. The van der Waals surface area contributed by atoms with Crippen molar-refractivity contribution in [1.82, 2.24) is 9.80 Å². The average molecular weight is 371 g/mol. The topological polar surface area (TPSA) is 32.8 Å². The van der Waals surface area contributed by atoms with E-state index in [2.05, 4.69) is 29.0 Å². The molecule has 1 atom stereocenters. The van der Waals surface area contributed by atoms with Gasteiger partial charge in [-0.3, -0.25) is 4.79 Å². The molecule has 1 aromatic rings. The lowest BCUT2D eigenvalue weighted by Gasteiger charge is -2.34. The van der Waals surface area contributed by atoms with Gasteiger partial charge in [-0.05, 0) is 87.7 Å². The lowest BCUT2D eigenvalue weighted by molar-refractivity contribution is -0.134. The number of carbonyl (C=O) groups is 1. The van der Waals surface area contributed by atoms with E-state index in [1.807, 2.05) is 12.1 Å². The van der Waals surface area contributed by atoms with Gasteiger partial charge in [0, 0.05) is 19.0 Å². The summed E-state index contributed by atoms with van der Waals surface area (Å²) in [5.74, 6) is 2.33. The van der Waals surface area contributed by atoms with Crippen LogP contribution < -0.4 is 4.74 Å². The van der Waals surface area contributed by atoms with Gasteiger partial charge in [0.15, 0.2) is 0 Å². The molecule has 2 saturated carbocycles. The minimum atomic E-state index is 0.327. The monoisotopic (exact) mass is 370 g/mol. The van der Waals surface area contributed by atoms with Crippen LogP contribution in [0.25, 0.3) is 0 Å². The van der Waals surface area contributed by atoms with E-state index in [0.717, 1.165) is 31.7 Å². The molecule has 3 aliphatic rings. The number of benzene rings is 1. The fraction of sp³-hybridized carbons (Fsp3) is 0.696. The van der Waals surface area contributed by atoms with E-state index in [0.29, 0.717) is 23.2 Å². The molecule has 2 aliphatic carbocycles. The molecule has 0 unspecified atom stereocenters. The fourth-order valence-corrected chi connectivity index (χ4v) is 5.00. The summed E-state index contributed by atoms with van der Waals surface area (Å²) in [6.07, 6.45) is 8.41. The Hall–Kier alpha value is -1.55. The lowest BCUT2D eigenvalue weighted by Crippen LogP contribution is -2.42. The summed E-state index contributed by atoms with van der Waals surface area (Å²) >= 11 is 0. The first kappa shape index (κ1) is 18.8. The number of ether oxygens (including phenoxy) is 1. The van der Waals surface area contributed by atoms with E-state index in [1.165, 1.54) is 50.8 Å². The predicted octanol–water partition coefficient (Wildman–Crippen LogP) is 3.60. The van der Waals surface area contributed by atoms with E-state index in [1.54, 1.807) is 7.11 Å². The zero-order chi connectivity index (χ0) is 18.9. The van der Waals surface area contributed by atoms with Crippen LogP contribution in [0.5, 0.6) is 5.75 Å². The molecule has 1 heterocycles. The van der Waals surface area contributed by atoms with Gasteiger partial charge in [0.25, 0.3) is 0 Å². The Morgan fingerprint density at radius 3 is 2.48 bits per heavy atom. The van der Waals surface area contributed by atoms with E-state index in [-0.39, 0.29) is 0 Å². The van der Waals surface area contributed by atoms with E-state index >= 15 is 0 Å². The average Bonchev–Trinajstić information content (AvgIpc) is 3.43. The van der Waals surface area contributed by atoms with Crippen molar-refractivity contribution in [1.29, 1.82) is 0 Å². The van der Waals surface area contributed by atoms with E-state index in [9.17, 15) is 4.79 Å². The number of carbonyl (C=O) groups excluding carboxylic acids is 1. The van der Waals surface area contributed by atoms with Gasteiger partial charge in [-0.15, -0.1) is 0 Å². The van der Waals surface area contributed by atoms with Crippen LogP contribution in [-0.2, 0) is 11.2 Å². The number of hydrogen-bond acceptors (Lipinski definition) is 3. The summed E-state index contributed by atoms with van der Waals surface area (Å²) in [7, 11) is 3.90. The molecule has 1 aliphatic heterocycles. The smallest absolute Gasteiger partial charge is 0.226 e. The fourth-order valence-electron chi connectivity index (χ4n) is 5.00. The molecule has 0 N–H and O–H groups in total. The first-order chi connectivity index (χ1) is 13.1. The van der Waals surface area contributed by atoms with Crippen LogP contribution in [0.1, 0.15) is 44.1 Å². The van der Waals surface area contributed by atoms with Gasteiger partial charge in [-0.1, -0.05) is 18.6 Å². The number of amides is 1. The van der Waals surface area contributed by atoms with Crippen molar-refractivity contribution >= 4 is 5.91 Å². The highest BCUT2D eigenvalue weighted by atomic mass is 16.5. The third-order valence-corrected chi connectivity index (χ3v) is 7.29. The van der Waals surface area contributed by atoms with Crippen molar-refractivity contribution in [3.63, 3.8) is 0 Å². The first-order valence-corrected chi connectivity index (χ1v) is 10.7. The molecular weight excluding hydrogens is 336 g/mol. The Bertz CT molecular complexity index is 645. The molecule has 0 aromatic heterocycles. The minimum absolute atomic E-state index is 0.327. The number of likely N-dealkylation sites (tertiary alicyclic amines) is 1. The van der Waals surface area contributed by atoms with Gasteiger partial charge in [0.05, 0.1) is 7.11 Å². The second-order valence-corrected chi connectivity index (χ2v) is 9.10. The Balaban J connectivity index is 1.38. The third-order valence-electron chi connectivity index (χ3n) is 7.29. The largest absolute Gasteiger partial charge is 0.497 e. The summed E-state index contributed by atoms with van der Waals surface area (Å²) in [5.41, 5.74) is 1.70. The second kappa shape index (κ2) is 7.83. The molecule has 1 spiro atoms. The van der Waals surface area contributed by atoms with Gasteiger partial charge in [0.1, 0.15) is 5.75 Å². The third kappa shape index (κ3) is 4.16. The van der Waals surface area contributed by atoms with Crippen molar-refractivity contribution in [2.75, 3.05) is 40.3 Å². The second-order valence-electron chi connectivity index (χ2n) is 9.10. The molecule has 1 amide bonds. The quantitative estimate of drug-likeness (QED) is 0.735. The Labute approximate surface area is 163 Å². The zero-order valence-corrected chi connectivity index (χ0v) is 17.0. The maximum atomic E-state index is 13.3. The predicted molar refractivity (Wildman–Crippen MR) is 108 cm³/mol. The first-order valence-electron chi connectivity index (χ1n) is 10.7. The Kier molecular flexibility index (Phi) is 5.45. The summed E-state index contributed by atoms with van der Waals surface area (Å²) in [6, 6.07) is 8.29. The van der Waals surface area contributed by atoms with Crippen molar-refractivity contribution in [3.8, 4) is 5.75 Å². The highest BCUT2D eigenvalue weighted by Gasteiger charge is 2.61. The SMILES string of the molecule is COc1ccc(CCN(CC2CCN(C)CC2)C(=O)[C@@H]2CC23CCC3)cc1. The molecule has 3 fully saturated rings. The van der Waals surface area contributed by atoms with Crippen LogP contribution in [0, 0.1) is 17.3 Å². The van der Waals surface area contributed by atoms with Crippen LogP contribution in [-0.4, -0.2) is 56.0 Å². The van der Waals surface area contributed by atoms with Crippen LogP contribution in [0.2, 0.25) is 0 Å². The molecule has 0 bridgehead atoms. The van der Waals surface area contributed by atoms with E-state index in [4.69, 9.17) is 4.74 Å². The molecular formula is C23H34N2O2. The highest BCUT2D eigenvalue weighted by Crippen LogP contribution is 2.65. The maximum Gasteiger partial charge on any atom is 0.226 e. The summed E-state index contributed by atoms with van der Waals surface area (Å²) in [4.78, 5) is 17.9. The Morgan fingerprint density at radius 2 is 1.93 bits per heavy atom. The Morgan fingerprint density at radius 1 is 1.22 bits per heavy atom. The normalized spacial score (nSPS) is 24.4. The van der Waals surface area contributed by atoms with Crippen molar-refractivity contribution < 1.29 is 9.53 Å². The van der Waals surface area contributed by atoms with Crippen molar-refractivity contribution in [2.45, 2.75) is 44.9 Å². The highest BCUT2D eigenvalue weighted by molar-refractivity contribution is 5.83. The maximum absolute atomic E-state index is 13.3. The van der Waals surface area contributed by atoms with Crippen LogP contribution in [0.3, 0.4) is 0 Å². The number of rotatable bonds is 7. The lowest BCUT2D eigenvalue weighted by atomic mass is 9.79. The molecule has 1 saturated heterocycles. The number of hydrogen-bond donors (Lipinski definition) is 0. The van der Waals surface area contributed by atoms with Crippen molar-refractivity contribution in [2.24, 2.45) is 17.3 Å². The van der Waals surface area contributed by atoms with Gasteiger partial charge >= 0.3 is 0 Å². The van der Waals surface area contributed by atoms with Gasteiger partial charge in [-0.25, -0.2) is 0 Å². The molecule has 4 rings (SSSR count). The summed E-state index contributed by atoms with van der Waals surface area (Å²) in [5, 5.41) is 0. The molecule has 148 valence electrons. The molecule has 1 aromatic carbocycles. The molecule has 4 heteroatoms. The molecule has 0 radical (unpaired) electrons. The van der Waals surface area contributed by atoms with E-state index < -0.39 is 0 Å². The van der Waals surface area contributed by atoms with Crippen molar-refractivity contribution in [3.05, 3.63) is 29.8 Å². The zero-order valence-electron chi connectivity index (χ0n) is 17.0. The minimum Gasteiger partial charge on any atom is -0.497 e. The summed E-state index contributed by atoms with van der Waals surface area (Å²) in [6.45, 7) is 4.14. The molecule has 4 nitrogen and oxygen atoms in total. The number of piperidine rings is 1. The van der Waals surface area contributed by atoms with Gasteiger partial charge in [0.2, 0.25) is 5.91 Å².